The van der Waals surface area contributed by atoms with Crippen LogP contribution in [0.4, 0.5) is 4.39 Å². The summed E-state index contributed by atoms with van der Waals surface area (Å²) in [6, 6.07) is 3.90. The van der Waals surface area contributed by atoms with E-state index in [4.69, 9.17) is 17.3 Å². The standard InChI is InChI=1S/C11H11ClFN/c1-2-10(14)5-3-8-7-9(13)4-6-11(8)12/h4,6-7,10H,2,14H2,1H3. The minimum atomic E-state index is -0.344. The average molecular weight is 212 g/mol. The second kappa shape index (κ2) is 4.99. The molecule has 0 aromatic heterocycles. The van der Waals surface area contributed by atoms with Crippen molar-refractivity contribution in [3.8, 4) is 11.8 Å². The second-order valence-electron chi connectivity index (χ2n) is 2.91. The van der Waals surface area contributed by atoms with Gasteiger partial charge in [-0.1, -0.05) is 30.4 Å². The van der Waals surface area contributed by atoms with Gasteiger partial charge in [0.25, 0.3) is 0 Å². The Labute approximate surface area is 88.1 Å². The summed E-state index contributed by atoms with van der Waals surface area (Å²) in [7, 11) is 0. The first kappa shape index (κ1) is 11.0. The fraction of sp³-hybridized carbons (Fsp3) is 0.273. The number of halogens is 2. The zero-order chi connectivity index (χ0) is 10.6. The molecule has 0 saturated heterocycles. The monoisotopic (exact) mass is 211 g/mol. The van der Waals surface area contributed by atoms with E-state index in [2.05, 4.69) is 11.8 Å². The van der Waals surface area contributed by atoms with E-state index in [1.807, 2.05) is 6.92 Å². The van der Waals surface area contributed by atoms with Crippen LogP contribution in [0.2, 0.25) is 5.02 Å². The molecule has 0 bridgehead atoms. The Bertz CT molecular complexity index is 379. The van der Waals surface area contributed by atoms with Crippen LogP contribution in [0, 0.1) is 17.7 Å². The van der Waals surface area contributed by atoms with Crippen LogP contribution in [0.1, 0.15) is 18.9 Å². The van der Waals surface area contributed by atoms with Gasteiger partial charge in [-0.3, -0.25) is 0 Å². The highest BCUT2D eigenvalue weighted by Gasteiger charge is 1.98. The lowest BCUT2D eigenvalue weighted by atomic mass is 10.2. The van der Waals surface area contributed by atoms with Gasteiger partial charge in [0, 0.05) is 5.56 Å². The molecule has 0 amide bonds. The SMILES string of the molecule is CCC(N)C#Cc1cc(F)ccc1Cl. The Morgan fingerprint density at radius 2 is 2.29 bits per heavy atom. The van der Waals surface area contributed by atoms with Gasteiger partial charge in [0.05, 0.1) is 11.1 Å². The molecule has 0 aliphatic carbocycles. The zero-order valence-corrected chi connectivity index (χ0v) is 8.61. The molecule has 1 atom stereocenters. The van der Waals surface area contributed by atoms with Crippen LogP contribution >= 0.6 is 11.6 Å². The van der Waals surface area contributed by atoms with E-state index in [9.17, 15) is 4.39 Å². The third kappa shape index (κ3) is 3.02. The Balaban J connectivity index is 2.94. The molecule has 1 nitrogen and oxygen atoms in total. The fourth-order valence-electron chi connectivity index (χ4n) is 0.866. The Morgan fingerprint density at radius 3 is 2.93 bits per heavy atom. The van der Waals surface area contributed by atoms with Crippen molar-refractivity contribution in [3.05, 3.63) is 34.6 Å². The van der Waals surface area contributed by atoms with Crippen LogP contribution in [0.25, 0.3) is 0 Å². The van der Waals surface area contributed by atoms with Crippen LogP contribution in [0.15, 0.2) is 18.2 Å². The van der Waals surface area contributed by atoms with Gasteiger partial charge in [-0.2, -0.15) is 0 Å². The maximum absolute atomic E-state index is 12.8. The highest BCUT2D eigenvalue weighted by molar-refractivity contribution is 6.31. The molecule has 0 saturated carbocycles. The third-order valence-corrected chi connectivity index (χ3v) is 2.09. The highest BCUT2D eigenvalue weighted by Crippen LogP contribution is 2.15. The molecule has 3 heteroatoms. The number of hydrogen-bond donors (Lipinski definition) is 1. The van der Waals surface area contributed by atoms with Gasteiger partial charge in [0.2, 0.25) is 0 Å². The lowest BCUT2D eigenvalue weighted by molar-refractivity contribution is 0.627. The molecular weight excluding hydrogens is 201 g/mol. The Kier molecular flexibility index (Phi) is 3.94. The molecule has 74 valence electrons. The van der Waals surface area contributed by atoms with Crippen molar-refractivity contribution in [2.24, 2.45) is 5.73 Å². The summed E-state index contributed by atoms with van der Waals surface area (Å²) in [4.78, 5) is 0. The first-order valence-electron chi connectivity index (χ1n) is 4.35. The summed E-state index contributed by atoms with van der Waals surface area (Å²) in [6.07, 6.45) is 0.764. The van der Waals surface area contributed by atoms with E-state index < -0.39 is 0 Å². The molecule has 0 heterocycles. The van der Waals surface area contributed by atoms with Crippen LogP contribution < -0.4 is 5.73 Å². The average Bonchev–Trinajstić information content (AvgIpc) is 2.19. The molecule has 14 heavy (non-hydrogen) atoms. The van der Waals surface area contributed by atoms with Gasteiger partial charge in [0.1, 0.15) is 5.82 Å². The van der Waals surface area contributed by atoms with Gasteiger partial charge in [-0.05, 0) is 24.6 Å². The zero-order valence-electron chi connectivity index (χ0n) is 7.85. The van der Waals surface area contributed by atoms with Gasteiger partial charge in [0.15, 0.2) is 0 Å². The normalized spacial score (nSPS) is 11.7. The van der Waals surface area contributed by atoms with Gasteiger partial charge in [-0.25, -0.2) is 4.39 Å². The topological polar surface area (TPSA) is 26.0 Å². The number of benzene rings is 1. The Hall–Kier alpha value is -1.04. The summed E-state index contributed by atoms with van der Waals surface area (Å²) < 4.78 is 12.8. The van der Waals surface area contributed by atoms with Crippen LogP contribution in [-0.4, -0.2) is 6.04 Å². The fourth-order valence-corrected chi connectivity index (χ4v) is 1.03. The molecule has 1 rings (SSSR count). The number of hydrogen-bond acceptors (Lipinski definition) is 1. The molecule has 1 unspecified atom stereocenters. The summed E-state index contributed by atoms with van der Waals surface area (Å²) in [5.74, 6) is 5.21. The largest absolute Gasteiger partial charge is 0.318 e. The third-order valence-electron chi connectivity index (χ3n) is 1.76. The van der Waals surface area contributed by atoms with Crippen LogP contribution in [0.5, 0.6) is 0 Å². The maximum Gasteiger partial charge on any atom is 0.124 e. The van der Waals surface area contributed by atoms with Gasteiger partial charge >= 0.3 is 0 Å². The predicted molar refractivity (Wildman–Crippen MR) is 56.6 cm³/mol. The van der Waals surface area contributed by atoms with Crippen molar-refractivity contribution in [3.63, 3.8) is 0 Å². The molecular formula is C11H11ClFN. The highest BCUT2D eigenvalue weighted by atomic mass is 35.5. The minimum absolute atomic E-state index is 0.186. The smallest absolute Gasteiger partial charge is 0.124 e. The van der Waals surface area contributed by atoms with Gasteiger partial charge < -0.3 is 5.73 Å². The van der Waals surface area contributed by atoms with E-state index >= 15 is 0 Å². The lowest BCUT2D eigenvalue weighted by Crippen LogP contribution is -2.15. The van der Waals surface area contributed by atoms with Crippen molar-refractivity contribution in [1.82, 2.24) is 0 Å². The van der Waals surface area contributed by atoms with Crippen molar-refractivity contribution in [1.29, 1.82) is 0 Å². The van der Waals surface area contributed by atoms with Crippen molar-refractivity contribution < 1.29 is 4.39 Å². The van der Waals surface area contributed by atoms with Gasteiger partial charge in [-0.15, -0.1) is 0 Å². The summed E-state index contributed by atoms with van der Waals surface area (Å²) in [6.45, 7) is 1.94. The first-order valence-corrected chi connectivity index (χ1v) is 4.73. The molecule has 0 aliphatic rings. The molecule has 0 radical (unpaired) electrons. The molecule has 0 spiro atoms. The van der Waals surface area contributed by atoms with Crippen molar-refractivity contribution in [2.45, 2.75) is 19.4 Å². The minimum Gasteiger partial charge on any atom is -0.318 e. The second-order valence-corrected chi connectivity index (χ2v) is 3.32. The molecule has 1 aromatic carbocycles. The van der Waals surface area contributed by atoms with E-state index in [0.29, 0.717) is 10.6 Å². The molecule has 1 aromatic rings. The van der Waals surface area contributed by atoms with E-state index in [0.717, 1.165) is 6.42 Å². The summed E-state index contributed by atoms with van der Waals surface area (Å²) >= 11 is 5.81. The first-order chi connectivity index (χ1) is 6.63. The lowest BCUT2D eigenvalue weighted by Gasteiger charge is -1.97. The van der Waals surface area contributed by atoms with E-state index in [1.54, 1.807) is 0 Å². The molecule has 0 fully saturated rings. The van der Waals surface area contributed by atoms with E-state index in [1.165, 1.54) is 18.2 Å². The summed E-state index contributed by atoms with van der Waals surface area (Å²) in [5.41, 5.74) is 6.08. The Morgan fingerprint density at radius 1 is 1.57 bits per heavy atom. The quantitative estimate of drug-likeness (QED) is 0.710. The number of nitrogens with two attached hydrogens (primary N) is 1. The van der Waals surface area contributed by atoms with E-state index in [-0.39, 0.29) is 11.9 Å². The predicted octanol–water partition coefficient (Wildman–Crippen LogP) is 2.57. The molecule has 0 aliphatic heterocycles. The van der Waals surface area contributed by atoms with Crippen molar-refractivity contribution >= 4 is 11.6 Å². The maximum atomic E-state index is 12.8. The van der Waals surface area contributed by atoms with Crippen LogP contribution in [0.3, 0.4) is 0 Å². The van der Waals surface area contributed by atoms with Crippen molar-refractivity contribution in [2.75, 3.05) is 0 Å². The summed E-state index contributed by atoms with van der Waals surface area (Å²) in [5, 5.41) is 0.446. The molecule has 2 N–H and O–H groups in total. The number of rotatable bonds is 1. The van der Waals surface area contributed by atoms with Crippen LogP contribution in [-0.2, 0) is 0 Å².